The van der Waals surface area contributed by atoms with Crippen LogP contribution in [0.5, 0.6) is 0 Å². The van der Waals surface area contributed by atoms with Crippen LogP contribution in [-0.4, -0.2) is 36.3 Å². The molecule has 0 spiro atoms. The Morgan fingerprint density at radius 1 is 0.653 bits per heavy atom. The van der Waals surface area contributed by atoms with Gasteiger partial charge < -0.3 is 9.47 Å². The zero-order chi connectivity index (χ0) is 39.0. The quantitative estimate of drug-likeness (QED) is 0.102. The molecule has 0 aliphatic rings. The van der Waals surface area contributed by atoms with Crippen LogP contribution in [0.4, 0.5) is 4.79 Å². The Balaban J connectivity index is -0.00000245. The van der Waals surface area contributed by atoms with Gasteiger partial charge in [-0.1, -0.05) is 90.8 Å². The van der Waals surface area contributed by atoms with Crippen LogP contribution in [0.25, 0.3) is 0 Å². The van der Waals surface area contributed by atoms with Crippen molar-refractivity contribution in [2.24, 2.45) is 9.98 Å². The molecule has 2 atom stereocenters. The maximum Gasteiger partial charge on any atom is 0.513 e. The highest BCUT2D eigenvalue weighted by atomic mass is 16.7. The van der Waals surface area contributed by atoms with Gasteiger partial charge in [-0.25, -0.2) is 4.79 Å². The average molecular weight is 681 g/mol. The molecule has 2 aromatic carbocycles. The van der Waals surface area contributed by atoms with E-state index in [0.29, 0.717) is 0 Å². The number of ketones is 2. The van der Waals surface area contributed by atoms with E-state index in [4.69, 9.17) is 19.5 Å². The molecule has 7 heteroatoms. The third kappa shape index (κ3) is 17.4. The number of aliphatic imine (C=N–C) groups is 2. The van der Waals surface area contributed by atoms with E-state index in [2.05, 4.69) is 45.0 Å². The molecule has 2 aromatic rings. The lowest BCUT2D eigenvalue weighted by molar-refractivity contribution is -0.116. The maximum atomic E-state index is 12.7. The molecule has 0 fully saturated rings. The summed E-state index contributed by atoms with van der Waals surface area (Å²) in [6, 6.07) is 7.42. The molecule has 0 aromatic heterocycles. The molecule has 0 heterocycles. The van der Waals surface area contributed by atoms with Crippen molar-refractivity contribution < 1.29 is 23.9 Å². The van der Waals surface area contributed by atoms with Gasteiger partial charge >= 0.3 is 6.16 Å². The summed E-state index contributed by atoms with van der Waals surface area (Å²) in [5, 5.41) is 0. The van der Waals surface area contributed by atoms with Gasteiger partial charge in [0.25, 0.3) is 0 Å². The summed E-state index contributed by atoms with van der Waals surface area (Å²) in [5.41, 5.74) is 8.63. The number of ether oxygens (including phenoxy) is 2. The van der Waals surface area contributed by atoms with Gasteiger partial charge in [0.15, 0.2) is 5.78 Å². The highest BCUT2D eigenvalue weighted by Crippen LogP contribution is 2.41. The Morgan fingerprint density at radius 2 is 1.02 bits per heavy atom. The van der Waals surface area contributed by atoms with Crippen molar-refractivity contribution in [2.75, 3.05) is 0 Å². The van der Waals surface area contributed by atoms with Crippen molar-refractivity contribution in [1.29, 1.82) is 0 Å². The number of aryl methyl sites for hydroxylation is 6. The van der Waals surface area contributed by atoms with Gasteiger partial charge in [-0.15, -0.1) is 0 Å². The maximum absolute atomic E-state index is 12.7. The molecule has 0 bridgehead atoms. The number of carbonyl (C=O) groups excluding carboxylic acids is 3. The zero-order valence-electron chi connectivity index (χ0n) is 34.3. The molecule has 0 aliphatic heterocycles. The Labute approximate surface area is 299 Å². The first-order valence-corrected chi connectivity index (χ1v) is 17.9. The number of allylic oxidation sites excluding steroid dienone is 2. The Hall–Kier alpha value is -3.87. The van der Waals surface area contributed by atoms with Crippen LogP contribution >= 0.6 is 0 Å². The summed E-state index contributed by atoms with van der Waals surface area (Å²) in [6.45, 7) is 36.2. The largest absolute Gasteiger partial charge is 0.513 e. The van der Waals surface area contributed by atoms with Crippen LogP contribution < -0.4 is 0 Å². The monoisotopic (exact) mass is 681 g/mol. The predicted octanol–water partition coefficient (Wildman–Crippen LogP) is 12.0. The number of Topliss-reactive ketones (excluding diaryl/α,β-unsaturated/α-hetero) is 2. The Kier molecular flexibility index (Phi) is 27.3. The van der Waals surface area contributed by atoms with Crippen molar-refractivity contribution in [1.82, 2.24) is 0 Å². The standard InChI is InChI=1S/C34H44N2O5.4C2H6/c1-19(2)40-34(39)41-28(11)29(27(10)38)18-36-33(31-24(7)16-21(4)17-25(31)8)32(35-13-12-26(9)37)30-22(5)14-20(3)15-23(30)6;4*1-2/h13-19,32-33H,12H2,1-11H3;4*1-2H3/b29-28+,35-13?,36-18?;;;;/t32?,33-;;;;/m1..../s1. The fourth-order valence-electron chi connectivity index (χ4n) is 5.22. The lowest BCUT2D eigenvalue weighted by Gasteiger charge is -2.28. The Bertz CT molecular complexity index is 1350. The van der Waals surface area contributed by atoms with Gasteiger partial charge in [0, 0.05) is 18.9 Å². The number of benzene rings is 2. The summed E-state index contributed by atoms with van der Waals surface area (Å²) < 4.78 is 10.4. The van der Waals surface area contributed by atoms with E-state index in [0.717, 1.165) is 44.5 Å². The fraction of sp³-hybridized carbons (Fsp3) is 0.548. The van der Waals surface area contributed by atoms with Crippen molar-refractivity contribution >= 4 is 30.2 Å². The lowest BCUT2D eigenvalue weighted by atomic mass is 9.84. The average Bonchev–Trinajstić information content (AvgIpc) is 3.02. The lowest BCUT2D eigenvalue weighted by Crippen LogP contribution is -2.16. The molecule has 2 rings (SSSR count). The second-order valence-corrected chi connectivity index (χ2v) is 11.1. The second kappa shape index (κ2) is 27.0. The molecule has 276 valence electrons. The summed E-state index contributed by atoms with van der Waals surface area (Å²) in [5.74, 6) is -0.197. The van der Waals surface area contributed by atoms with Crippen molar-refractivity contribution in [2.45, 2.75) is 156 Å². The molecule has 0 N–H and O–H groups in total. The molecule has 0 saturated carbocycles. The van der Waals surface area contributed by atoms with Crippen molar-refractivity contribution in [3.05, 3.63) is 80.1 Å². The SMILES string of the molecule is CC.CC.CC.CC.CC(=O)CC=NC(c1c(C)cc(C)cc1C)[C@H](N=C/C(C(C)=O)=C(/C)OC(=O)OC(C)C)c1c(C)cc(C)cc1C. The summed E-state index contributed by atoms with van der Waals surface area (Å²) in [4.78, 5) is 46.6. The topological polar surface area (TPSA) is 94.4 Å². The van der Waals surface area contributed by atoms with Gasteiger partial charge in [0.2, 0.25) is 0 Å². The van der Waals surface area contributed by atoms with Gasteiger partial charge in [-0.05, 0) is 110 Å². The number of nitrogens with zero attached hydrogens (tertiary/aromatic N) is 2. The molecule has 0 radical (unpaired) electrons. The van der Waals surface area contributed by atoms with Crippen LogP contribution in [0.15, 0.2) is 45.6 Å². The number of hydrogen-bond donors (Lipinski definition) is 0. The van der Waals surface area contributed by atoms with Crippen LogP contribution in [0.2, 0.25) is 0 Å². The third-order valence-corrected chi connectivity index (χ3v) is 6.70. The number of rotatable bonds is 11. The summed E-state index contributed by atoms with van der Waals surface area (Å²) in [6.07, 6.45) is 2.08. The number of carbonyl (C=O) groups is 3. The highest BCUT2D eigenvalue weighted by Gasteiger charge is 2.29. The van der Waals surface area contributed by atoms with Crippen LogP contribution in [0.1, 0.15) is 153 Å². The van der Waals surface area contributed by atoms with Crippen molar-refractivity contribution in [3.63, 3.8) is 0 Å². The summed E-state index contributed by atoms with van der Waals surface area (Å²) in [7, 11) is 0. The second-order valence-electron chi connectivity index (χ2n) is 11.1. The molecule has 0 aliphatic carbocycles. The first-order chi connectivity index (χ1) is 23.1. The van der Waals surface area contributed by atoms with E-state index < -0.39 is 18.2 Å². The summed E-state index contributed by atoms with van der Waals surface area (Å²) >= 11 is 0. The van der Waals surface area contributed by atoms with Gasteiger partial charge in [-0.3, -0.25) is 19.6 Å². The van der Waals surface area contributed by atoms with Gasteiger partial charge in [-0.2, -0.15) is 0 Å². The molecular weight excluding hydrogens is 612 g/mol. The predicted molar refractivity (Wildman–Crippen MR) is 211 cm³/mol. The van der Waals surface area contributed by atoms with E-state index in [1.807, 2.05) is 76.2 Å². The van der Waals surface area contributed by atoms with E-state index in [1.54, 1.807) is 27.0 Å². The smallest absolute Gasteiger partial charge is 0.431 e. The zero-order valence-corrected chi connectivity index (χ0v) is 34.3. The first kappa shape index (κ1) is 49.5. The molecule has 0 saturated heterocycles. The van der Waals surface area contributed by atoms with Gasteiger partial charge in [0.05, 0.1) is 11.7 Å². The van der Waals surface area contributed by atoms with E-state index >= 15 is 0 Å². The van der Waals surface area contributed by atoms with E-state index in [9.17, 15) is 14.4 Å². The highest BCUT2D eigenvalue weighted by molar-refractivity contribution is 6.12. The third-order valence-electron chi connectivity index (χ3n) is 6.70. The van der Waals surface area contributed by atoms with E-state index in [-0.39, 0.29) is 35.4 Å². The van der Waals surface area contributed by atoms with Crippen LogP contribution in [0, 0.1) is 41.5 Å². The van der Waals surface area contributed by atoms with E-state index in [1.165, 1.54) is 20.1 Å². The van der Waals surface area contributed by atoms with Crippen molar-refractivity contribution in [3.8, 4) is 0 Å². The Morgan fingerprint density at radius 3 is 1.35 bits per heavy atom. The minimum absolute atomic E-state index is 0.00968. The number of hydrogen-bond acceptors (Lipinski definition) is 7. The molecule has 0 amide bonds. The minimum atomic E-state index is -0.885. The van der Waals surface area contributed by atoms with Gasteiger partial charge in [0.1, 0.15) is 23.6 Å². The fourth-order valence-corrected chi connectivity index (χ4v) is 5.22. The van der Waals surface area contributed by atoms with Crippen LogP contribution in [0.3, 0.4) is 0 Å². The first-order valence-electron chi connectivity index (χ1n) is 17.9. The molecule has 7 nitrogen and oxygen atoms in total. The molecule has 49 heavy (non-hydrogen) atoms. The molecular formula is C42H68N2O5. The normalized spacial score (nSPS) is 12.1. The molecule has 1 unspecified atom stereocenters. The van der Waals surface area contributed by atoms with Crippen LogP contribution in [-0.2, 0) is 19.1 Å². The minimum Gasteiger partial charge on any atom is -0.431 e.